The van der Waals surface area contributed by atoms with E-state index in [1.54, 1.807) is 0 Å². The summed E-state index contributed by atoms with van der Waals surface area (Å²) in [6.07, 6.45) is 2.24. The first kappa shape index (κ1) is 17.8. The number of Topliss-reactive ketones (excluding diaryl/α,β-unsaturated/α-hetero) is 1. The molecule has 2 aromatic rings. The topological polar surface area (TPSA) is 75.2 Å². The zero-order chi connectivity index (χ0) is 19.0. The molecule has 1 N–H and O–H groups in total. The fourth-order valence-corrected chi connectivity index (χ4v) is 4.08. The highest BCUT2D eigenvalue weighted by molar-refractivity contribution is 5.99. The number of aromatic nitrogens is 2. The van der Waals surface area contributed by atoms with E-state index in [0.29, 0.717) is 30.2 Å². The fraction of sp³-hybridized carbons (Fsp3) is 0.429. The number of rotatable bonds is 3. The van der Waals surface area contributed by atoms with Gasteiger partial charge in [0.25, 0.3) is 0 Å². The maximum atomic E-state index is 12.5. The number of nitrogens with zero attached hydrogens (tertiary/aromatic N) is 3. The molecule has 2 heterocycles. The first-order chi connectivity index (χ1) is 13.0. The summed E-state index contributed by atoms with van der Waals surface area (Å²) in [7, 11) is 0. The number of benzene rings is 1. The minimum absolute atomic E-state index is 0.103. The van der Waals surface area contributed by atoms with Crippen molar-refractivity contribution in [3.63, 3.8) is 0 Å². The van der Waals surface area contributed by atoms with Crippen molar-refractivity contribution >= 4 is 17.6 Å². The Balaban J connectivity index is 1.44. The summed E-state index contributed by atoms with van der Waals surface area (Å²) in [5.41, 5.74) is 4.69. The second-order valence-corrected chi connectivity index (χ2v) is 7.67. The van der Waals surface area contributed by atoms with E-state index in [9.17, 15) is 9.59 Å². The van der Waals surface area contributed by atoms with Crippen molar-refractivity contribution in [2.24, 2.45) is 5.92 Å². The lowest BCUT2D eigenvalue weighted by molar-refractivity contribution is -0.117. The van der Waals surface area contributed by atoms with Crippen molar-refractivity contribution in [3.8, 4) is 0 Å². The van der Waals surface area contributed by atoms with Crippen molar-refractivity contribution in [2.45, 2.75) is 39.7 Å². The number of nitrogens with one attached hydrogen (secondary N) is 1. The van der Waals surface area contributed by atoms with Gasteiger partial charge in [0.1, 0.15) is 0 Å². The van der Waals surface area contributed by atoms with Gasteiger partial charge in [0, 0.05) is 19.5 Å². The highest BCUT2D eigenvalue weighted by Crippen LogP contribution is 2.26. The number of carbonyl (C=O) groups is 2. The first-order valence-electron chi connectivity index (χ1n) is 9.49. The van der Waals surface area contributed by atoms with Crippen LogP contribution in [0.2, 0.25) is 0 Å². The largest absolute Gasteiger partial charge is 0.294 e. The smallest absolute Gasteiger partial charge is 0.240 e. The summed E-state index contributed by atoms with van der Waals surface area (Å²) in [4.78, 5) is 35.7. The molecule has 140 valence electrons. The van der Waals surface area contributed by atoms with E-state index in [1.807, 2.05) is 19.9 Å². The van der Waals surface area contributed by atoms with Crippen LogP contribution in [-0.2, 0) is 24.2 Å². The van der Waals surface area contributed by atoms with Crippen LogP contribution >= 0.6 is 0 Å². The minimum Gasteiger partial charge on any atom is -0.294 e. The van der Waals surface area contributed by atoms with E-state index in [0.717, 1.165) is 31.6 Å². The Labute approximate surface area is 159 Å². The Kier molecular flexibility index (Phi) is 4.74. The molecule has 1 aromatic heterocycles. The van der Waals surface area contributed by atoms with E-state index >= 15 is 0 Å². The predicted molar refractivity (Wildman–Crippen MR) is 103 cm³/mol. The van der Waals surface area contributed by atoms with Gasteiger partial charge in [0.05, 0.1) is 23.5 Å². The highest BCUT2D eigenvalue weighted by Gasteiger charge is 2.27. The molecular formula is C21H24N4O2. The van der Waals surface area contributed by atoms with Gasteiger partial charge < -0.3 is 0 Å². The van der Waals surface area contributed by atoms with Crippen LogP contribution in [0.5, 0.6) is 0 Å². The molecule has 4 rings (SSSR count). The van der Waals surface area contributed by atoms with Crippen LogP contribution in [-0.4, -0.2) is 39.6 Å². The van der Waals surface area contributed by atoms with Crippen LogP contribution in [0, 0.1) is 12.8 Å². The molecule has 27 heavy (non-hydrogen) atoms. The van der Waals surface area contributed by atoms with Crippen molar-refractivity contribution in [1.82, 2.24) is 14.9 Å². The van der Waals surface area contributed by atoms with Crippen LogP contribution in [0.25, 0.3) is 0 Å². The number of hydrogen-bond donors (Lipinski definition) is 1. The number of aryl methyl sites for hydroxylation is 1. The lowest BCUT2D eigenvalue weighted by atomic mass is 9.86. The van der Waals surface area contributed by atoms with Crippen molar-refractivity contribution < 1.29 is 9.59 Å². The number of anilines is 1. The van der Waals surface area contributed by atoms with Gasteiger partial charge >= 0.3 is 0 Å². The van der Waals surface area contributed by atoms with Crippen molar-refractivity contribution in [3.05, 3.63) is 52.3 Å². The molecular weight excluding hydrogens is 340 g/mol. The van der Waals surface area contributed by atoms with Crippen LogP contribution in [0.15, 0.2) is 24.3 Å². The molecule has 0 saturated carbocycles. The molecule has 0 radical (unpaired) electrons. The van der Waals surface area contributed by atoms with E-state index in [4.69, 9.17) is 0 Å². The van der Waals surface area contributed by atoms with E-state index in [1.165, 1.54) is 11.1 Å². The molecule has 0 spiro atoms. The number of fused-ring (bicyclic) bond motifs is 2. The standard InChI is InChI=1S/C21H24N4O2/c1-13-9-17-20(18(26)10-13)14(2)22-21(23-17)24-19(27)12-25-8-7-15-5-3-4-6-16(15)11-25/h3-6,13H,7-12H2,1-2H3,(H,22,23,24,27)/t13-/m0/s1. The van der Waals surface area contributed by atoms with Gasteiger partial charge in [-0.3, -0.25) is 19.8 Å². The van der Waals surface area contributed by atoms with Crippen molar-refractivity contribution in [2.75, 3.05) is 18.4 Å². The molecule has 6 heteroatoms. The molecule has 1 atom stereocenters. The number of hydrogen-bond acceptors (Lipinski definition) is 5. The predicted octanol–water partition coefficient (Wildman–Crippen LogP) is 2.55. The molecule has 0 fully saturated rings. The summed E-state index contributed by atoms with van der Waals surface area (Å²) in [5.74, 6) is 0.557. The molecule has 0 bridgehead atoms. The van der Waals surface area contributed by atoms with E-state index in [2.05, 4.69) is 38.4 Å². The third-order valence-electron chi connectivity index (χ3n) is 5.35. The fourth-order valence-electron chi connectivity index (χ4n) is 4.08. The van der Waals surface area contributed by atoms with Gasteiger partial charge in [0.2, 0.25) is 11.9 Å². The van der Waals surface area contributed by atoms with Gasteiger partial charge in [-0.25, -0.2) is 9.97 Å². The Morgan fingerprint density at radius 1 is 1.22 bits per heavy atom. The molecule has 1 aliphatic heterocycles. The monoisotopic (exact) mass is 364 g/mol. The summed E-state index contributed by atoms with van der Waals surface area (Å²) in [5, 5.41) is 2.82. The highest BCUT2D eigenvalue weighted by atomic mass is 16.2. The average Bonchev–Trinajstić information content (AvgIpc) is 2.60. The number of carbonyl (C=O) groups excluding carboxylic acids is 2. The molecule has 2 aliphatic rings. The first-order valence-corrected chi connectivity index (χ1v) is 9.49. The van der Waals surface area contributed by atoms with Gasteiger partial charge in [0.15, 0.2) is 5.78 Å². The molecule has 1 aliphatic carbocycles. The summed E-state index contributed by atoms with van der Waals surface area (Å²) in [6, 6.07) is 8.36. The third kappa shape index (κ3) is 3.76. The van der Waals surface area contributed by atoms with Crippen LogP contribution < -0.4 is 5.32 Å². The molecule has 0 saturated heterocycles. The summed E-state index contributed by atoms with van der Waals surface area (Å²) >= 11 is 0. The van der Waals surface area contributed by atoms with Crippen LogP contribution in [0.3, 0.4) is 0 Å². The molecule has 6 nitrogen and oxygen atoms in total. The van der Waals surface area contributed by atoms with Crippen molar-refractivity contribution in [1.29, 1.82) is 0 Å². The lowest BCUT2D eigenvalue weighted by Gasteiger charge is -2.28. The molecule has 0 unspecified atom stereocenters. The normalized spacial score (nSPS) is 19.3. The van der Waals surface area contributed by atoms with Gasteiger partial charge in [-0.05, 0) is 36.8 Å². The van der Waals surface area contributed by atoms with Gasteiger partial charge in [-0.1, -0.05) is 31.2 Å². The Bertz CT molecular complexity index is 909. The minimum atomic E-state index is -0.121. The zero-order valence-corrected chi connectivity index (χ0v) is 15.8. The van der Waals surface area contributed by atoms with Crippen LogP contribution in [0.1, 0.15) is 46.2 Å². The molecule has 1 amide bonds. The van der Waals surface area contributed by atoms with Crippen LogP contribution in [0.4, 0.5) is 5.95 Å². The maximum Gasteiger partial charge on any atom is 0.240 e. The number of amides is 1. The summed E-state index contributed by atoms with van der Waals surface area (Å²) < 4.78 is 0. The average molecular weight is 364 g/mol. The Morgan fingerprint density at radius 3 is 2.81 bits per heavy atom. The number of ketones is 1. The maximum absolute atomic E-state index is 12.5. The van der Waals surface area contributed by atoms with E-state index < -0.39 is 0 Å². The second-order valence-electron chi connectivity index (χ2n) is 7.67. The third-order valence-corrected chi connectivity index (χ3v) is 5.35. The quantitative estimate of drug-likeness (QED) is 0.906. The van der Waals surface area contributed by atoms with Gasteiger partial charge in [-0.15, -0.1) is 0 Å². The summed E-state index contributed by atoms with van der Waals surface area (Å²) in [6.45, 7) is 5.81. The van der Waals surface area contributed by atoms with Gasteiger partial charge in [-0.2, -0.15) is 0 Å². The second kappa shape index (κ2) is 7.19. The lowest BCUT2D eigenvalue weighted by Crippen LogP contribution is -2.37. The SMILES string of the molecule is Cc1nc(NC(=O)CN2CCc3ccccc3C2)nc2c1C(=O)C[C@@H](C)C2. The van der Waals surface area contributed by atoms with E-state index in [-0.39, 0.29) is 17.6 Å². The zero-order valence-electron chi connectivity index (χ0n) is 15.8. The Hall–Kier alpha value is -2.60. The molecule has 1 aromatic carbocycles. The Morgan fingerprint density at radius 2 is 2.00 bits per heavy atom.